The van der Waals surface area contributed by atoms with E-state index in [2.05, 4.69) is 31.9 Å². The highest BCUT2D eigenvalue weighted by Gasteiger charge is 2.45. The molecular formula is C69H118N12O14S. The van der Waals surface area contributed by atoms with Gasteiger partial charge in [0.15, 0.2) is 11.2 Å². The van der Waals surface area contributed by atoms with Crippen molar-refractivity contribution in [3.8, 4) is 0 Å². The summed E-state index contributed by atoms with van der Waals surface area (Å²) in [6, 6.07) is -3.75. The molecule has 1 rings (SSSR count). The van der Waals surface area contributed by atoms with Crippen LogP contribution in [-0.4, -0.2) is 236 Å². The van der Waals surface area contributed by atoms with E-state index < -0.39 is 150 Å². The number of carbonyl (C=O) groups excluding carboxylic acids is 10. The molecule has 0 aliphatic heterocycles. The number of aliphatic carboxylic acids is 1. The Bertz CT molecular complexity index is 2780. The SMILES string of the molecule is C/C=C/C[C@@H](C)[C@@H](O)[C@@H](C(=O)N[C@H](C(=O)O)[C@@H](C)O)N(C)C(=O)[C@H](C(C)C)N(C)C(=O)[C@H](CC(C)C)NC(=O)[C@H](CC(C)C)N(C)C(=O)[C@@H](C)NC(=O)[C@H](C)NC(=O)[C@H](CC(C)C)N(C)C(=O)[C@H](CC(C)C)NC(=O)[C@H](CC(C)C)N(C)C(=O)CN(C)C(=S)Nc1ccccc1. The van der Waals surface area contributed by atoms with Crippen LogP contribution in [-0.2, 0) is 52.7 Å². The Morgan fingerprint density at radius 3 is 1.30 bits per heavy atom. The first-order chi connectivity index (χ1) is 44.4. The van der Waals surface area contributed by atoms with Gasteiger partial charge in [0.05, 0.1) is 18.8 Å². The monoisotopic (exact) mass is 1370 g/mol. The first-order valence-electron chi connectivity index (χ1n) is 33.5. The Labute approximate surface area is 576 Å². The van der Waals surface area contributed by atoms with E-state index in [1.807, 2.05) is 99.6 Å². The van der Waals surface area contributed by atoms with Crippen molar-refractivity contribution in [2.45, 2.75) is 229 Å². The van der Waals surface area contributed by atoms with Crippen LogP contribution < -0.4 is 31.9 Å². The Morgan fingerprint density at radius 1 is 0.479 bits per heavy atom. The van der Waals surface area contributed by atoms with Crippen LogP contribution in [0.5, 0.6) is 0 Å². The molecule has 0 heterocycles. The first-order valence-corrected chi connectivity index (χ1v) is 34.0. The minimum Gasteiger partial charge on any atom is -0.480 e. The minimum atomic E-state index is -1.79. The van der Waals surface area contributed by atoms with Crippen molar-refractivity contribution in [3.05, 3.63) is 42.5 Å². The Morgan fingerprint density at radius 2 is 0.885 bits per heavy atom. The molecule has 0 aromatic heterocycles. The van der Waals surface area contributed by atoms with E-state index in [1.165, 1.54) is 70.7 Å². The molecule has 0 unspecified atom stereocenters. The molecule has 1 aromatic rings. The molecular weight excluding hydrogens is 1250 g/mol. The molecule has 544 valence electrons. The summed E-state index contributed by atoms with van der Waals surface area (Å²) in [5, 5.41) is 48.4. The number of aliphatic hydroxyl groups is 2. The molecule has 0 bridgehead atoms. The van der Waals surface area contributed by atoms with Crippen LogP contribution in [0.4, 0.5) is 5.69 Å². The molecule has 0 spiro atoms. The number of nitrogens with one attached hydrogen (secondary N) is 6. The molecule has 96 heavy (non-hydrogen) atoms. The fraction of sp³-hybridized carbons (Fsp3) is 0.710. The molecule has 0 aliphatic rings. The number of allylic oxidation sites excluding steroid dienone is 2. The van der Waals surface area contributed by atoms with E-state index in [9.17, 15) is 68.1 Å². The van der Waals surface area contributed by atoms with Crippen LogP contribution in [0, 0.1) is 41.4 Å². The number of benzene rings is 1. The highest BCUT2D eigenvalue weighted by molar-refractivity contribution is 7.80. The number of likely N-dealkylation sites (N-methyl/N-ethyl adjacent to an activating group) is 6. The molecule has 0 saturated carbocycles. The third kappa shape index (κ3) is 27.3. The van der Waals surface area contributed by atoms with Crippen LogP contribution in [0.1, 0.15) is 156 Å². The summed E-state index contributed by atoms with van der Waals surface area (Å²) in [6.45, 7) is 29.2. The number of carbonyl (C=O) groups is 11. The molecule has 1 aromatic carbocycles. The number of para-hydroxylation sites is 1. The van der Waals surface area contributed by atoms with Crippen molar-refractivity contribution in [1.82, 2.24) is 56.0 Å². The van der Waals surface area contributed by atoms with Crippen molar-refractivity contribution in [1.29, 1.82) is 0 Å². The van der Waals surface area contributed by atoms with E-state index in [0.29, 0.717) is 5.11 Å². The maximum Gasteiger partial charge on any atom is 0.328 e. The van der Waals surface area contributed by atoms with Crippen molar-refractivity contribution < 1.29 is 68.1 Å². The third-order valence-electron chi connectivity index (χ3n) is 16.7. The average molecular weight is 1370 g/mol. The number of anilines is 1. The quantitative estimate of drug-likeness (QED) is 0.0329. The fourth-order valence-electron chi connectivity index (χ4n) is 11.1. The molecule has 26 nitrogen and oxygen atoms in total. The highest BCUT2D eigenvalue weighted by Crippen LogP contribution is 2.24. The predicted molar refractivity (Wildman–Crippen MR) is 375 cm³/mol. The van der Waals surface area contributed by atoms with E-state index in [4.69, 9.17) is 12.2 Å². The summed E-state index contributed by atoms with van der Waals surface area (Å²) in [4.78, 5) is 163. The van der Waals surface area contributed by atoms with Gasteiger partial charge in [-0.1, -0.05) is 120 Å². The minimum absolute atomic E-state index is 0.0362. The Kier molecular flexibility index (Phi) is 37.1. The lowest BCUT2D eigenvalue weighted by Crippen LogP contribution is -2.63. The van der Waals surface area contributed by atoms with Gasteiger partial charge in [0.1, 0.15) is 54.4 Å². The van der Waals surface area contributed by atoms with Gasteiger partial charge in [0.2, 0.25) is 59.1 Å². The number of carboxylic acid groups (broad SMARTS) is 1. The second-order valence-corrected chi connectivity index (χ2v) is 28.6. The number of hydrogen-bond donors (Lipinski definition) is 9. The molecule has 9 N–H and O–H groups in total. The van der Waals surface area contributed by atoms with Gasteiger partial charge in [-0.3, -0.25) is 47.9 Å². The normalized spacial score (nSPS) is 15.7. The number of carboxylic acids is 1. The van der Waals surface area contributed by atoms with Crippen molar-refractivity contribution in [2.75, 3.05) is 54.1 Å². The first kappa shape index (κ1) is 86.8. The van der Waals surface area contributed by atoms with Crippen LogP contribution >= 0.6 is 12.2 Å². The van der Waals surface area contributed by atoms with Crippen LogP contribution in [0.2, 0.25) is 0 Å². The highest BCUT2D eigenvalue weighted by atomic mass is 32.1. The summed E-state index contributed by atoms with van der Waals surface area (Å²) in [6.07, 6.45) is 1.48. The molecule has 0 radical (unpaired) electrons. The summed E-state index contributed by atoms with van der Waals surface area (Å²) < 4.78 is 0. The smallest absolute Gasteiger partial charge is 0.328 e. The van der Waals surface area contributed by atoms with E-state index in [0.717, 1.165) is 15.5 Å². The number of amides is 10. The van der Waals surface area contributed by atoms with Gasteiger partial charge >= 0.3 is 5.97 Å². The van der Waals surface area contributed by atoms with Gasteiger partial charge < -0.3 is 76.6 Å². The molecule has 10 amide bonds. The topological polar surface area (TPSA) is 340 Å². The lowest BCUT2D eigenvalue weighted by molar-refractivity contribution is -0.155. The van der Waals surface area contributed by atoms with E-state index >= 15 is 0 Å². The summed E-state index contributed by atoms with van der Waals surface area (Å²) in [5.41, 5.74) is 0.740. The third-order valence-corrected chi connectivity index (χ3v) is 17.1. The lowest BCUT2D eigenvalue weighted by Gasteiger charge is -2.40. The Hall–Kier alpha value is -7.26. The Balaban J connectivity index is 3.50. The predicted octanol–water partition coefficient (Wildman–Crippen LogP) is 4.23. The molecule has 0 fully saturated rings. The number of thiocarbonyl (C=S) groups is 1. The average Bonchev–Trinajstić information content (AvgIpc) is 0.814. The van der Waals surface area contributed by atoms with Gasteiger partial charge in [0.25, 0.3) is 0 Å². The van der Waals surface area contributed by atoms with Gasteiger partial charge in [-0.2, -0.15) is 0 Å². The second kappa shape index (κ2) is 41.1. The van der Waals surface area contributed by atoms with Gasteiger partial charge in [-0.15, -0.1) is 0 Å². The van der Waals surface area contributed by atoms with Crippen LogP contribution in [0.15, 0.2) is 42.5 Å². The number of hydrogen-bond acceptors (Lipinski definition) is 14. The molecule has 0 aliphatic carbocycles. The molecule has 0 saturated heterocycles. The molecule has 13 atom stereocenters. The lowest BCUT2D eigenvalue weighted by atomic mass is 9.91. The number of nitrogens with zero attached hydrogens (tertiary/aromatic N) is 6. The largest absolute Gasteiger partial charge is 0.480 e. The van der Waals surface area contributed by atoms with E-state index in [-0.39, 0.29) is 74.7 Å². The summed E-state index contributed by atoms with van der Waals surface area (Å²) >= 11 is 5.55. The number of rotatable bonds is 39. The van der Waals surface area contributed by atoms with Gasteiger partial charge in [-0.05, 0) is 132 Å². The zero-order chi connectivity index (χ0) is 74.1. The van der Waals surface area contributed by atoms with Crippen molar-refractivity contribution in [2.24, 2.45) is 41.4 Å². The van der Waals surface area contributed by atoms with Gasteiger partial charge in [0, 0.05) is 48.0 Å². The fourth-order valence-corrected chi connectivity index (χ4v) is 11.3. The standard InChI is InChI=1S/C69H118N12O14S/c1-24-25-29-44(14)58(84)57(63(89)75-55(47(17)82)68(94)95)81(23)67(93)56(43(12)13)80(22)66(92)50(33-39(4)5)74-62(88)53(36-42(10)11)78(20)64(90)46(16)71-59(85)45(15)70-60(86)52(35-41(8)9)79(21)65(91)49(32-38(2)3)73-61(87)51(34-40(6)7)77(19)54(83)37-76(18)69(96)72-48-30-27-26-28-31-48/h24-28,30-31,38-47,49-53,55-58,82,84H,29,32-37H2,1-23H3,(H,70,86)(H,71,85)(H,72,96)(H,73,87)(H,74,88)(H,75,89)(H,94,95)/b25-24+/t44-,45+,46-,47-,49+,50+,51+,52+,53+,55+,56+,57+,58-/m1/s1. The zero-order valence-corrected chi connectivity index (χ0v) is 62.2. The summed E-state index contributed by atoms with van der Waals surface area (Å²) in [7, 11) is 8.67. The van der Waals surface area contributed by atoms with E-state index in [1.54, 1.807) is 51.8 Å². The second-order valence-electron chi connectivity index (χ2n) is 28.2. The molecule has 27 heteroatoms. The maximum atomic E-state index is 14.8. The van der Waals surface area contributed by atoms with Gasteiger partial charge in [-0.25, -0.2) is 4.79 Å². The zero-order valence-electron chi connectivity index (χ0n) is 61.4. The van der Waals surface area contributed by atoms with Crippen LogP contribution in [0.25, 0.3) is 0 Å². The van der Waals surface area contributed by atoms with Crippen LogP contribution in [0.3, 0.4) is 0 Å². The van der Waals surface area contributed by atoms with Crippen molar-refractivity contribution >= 4 is 88.1 Å². The number of aliphatic hydroxyl groups excluding tert-OH is 2. The maximum absolute atomic E-state index is 14.8. The van der Waals surface area contributed by atoms with Crippen molar-refractivity contribution in [3.63, 3.8) is 0 Å². The summed E-state index contributed by atoms with van der Waals surface area (Å²) in [5.74, 6) is -10.4.